The Bertz CT molecular complexity index is 557. The van der Waals surface area contributed by atoms with E-state index in [1.807, 2.05) is 23.1 Å². The molecule has 1 aromatic carbocycles. The van der Waals surface area contributed by atoms with E-state index in [4.69, 9.17) is 4.74 Å². The Morgan fingerprint density at radius 1 is 1.32 bits per heavy atom. The van der Waals surface area contributed by atoms with Crippen molar-refractivity contribution in [2.75, 3.05) is 13.1 Å². The molecule has 3 fully saturated rings. The molecule has 3 aliphatic rings. The fraction of sp³-hybridized carbons (Fsp3) is 0.611. The van der Waals surface area contributed by atoms with Crippen LogP contribution in [0.25, 0.3) is 0 Å². The van der Waals surface area contributed by atoms with E-state index in [0.717, 1.165) is 13.1 Å². The van der Waals surface area contributed by atoms with Crippen molar-refractivity contribution in [3.63, 3.8) is 0 Å². The van der Waals surface area contributed by atoms with Gasteiger partial charge in [-0.2, -0.15) is 0 Å². The number of rotatable bonds is 3. The highest BCUT2D eigenvalue weighted by Gasteiger charge is 2.62. The fourth-order valence-corrected chi connectivity index (χ4v) is 4.49. The highest BCUT2D eigenvalue weighted by molar-refractivity contribution is 5.72. The van der Waals surface area contributed by atoms with Crippen LogP contribution in [0.5, 0.6) is 0 Å². The summed E-state index contributed by atoms with van der Waals surface area (Å²) in [5.74, 6) is 0.946. The van der Waals surface area contributed by atoms with E-state index in [9.17, 15) is 4.79 Å². The molecule has 0 unspecified atom stereocenters. The van der Waals surface area contributed by atoms with Gasteiger partial charge in [0.25, 0.3) is 0 Å². The molecule has 0 spiro atoms. The van der Waals surface area contributed by atoms with Crippen molar-refractivity contribution < 1.29 is 9.53 Å². The van der Waals surface area contributed by atoms with E-state index in [2.05, 4.69) is 24.4 Å². The van der Waals surface area contributed by atoms with Gasteiger partial charge in [0.1, 0.15) is 6.10 Å². The first-order chi connectivity index (χ1) is 10.7. The zero-order valence-corrected chi connectivity index (χ0v) is 13.1. The predicted molar refractivity (Wildman–Crippen MR) is 84.4 cm³/mol. The number of benzene rings is 1. The molecular weight excluding hydrogens is 276 g/mol. The number of carbonyl (C=O) groups excluding carboxylic acids is 1. The molecule has 2 aliphatic heterocycles. The minimum Gasteiger partial charge on any atom is -0.443 e. The lowest BCUT2D eigenvalue weighted by atomic mass is 9.64. The van der Waals surface area contributed by atoms with Gasteiger partial charge in [-0.3, -0.25) is 4.90 Å². The third-order valence-electron chi connectivity index (χ3n) is 5.83. The molecule has 22 heavy (non-hydrogen) atoms. The number of hydrogen-bond donors (Lipinski definition) is 1. The van der Waals surface area contributed by atoms with E-state index >= 15 is 0 Å². The monoisotopic (exact) mass is 300 g/mol. The van der Waals surface area contributed by atoms with Gasteiger partial charge in [0.15, 0.2) is 0 Å². The van der Waals surface area contributed by atoms with Crippen molar-refractivity contribution in [1.29, 1.82) is 0 Å². The van der Waals surface area contributed by atoms with Crippen LogP contribution in [0.2, 0.25) is 0 Å². The molecule has 118 valence electrons. The van der Waals surface area contributed by atoms with Gasteiger partial charge < -0.3 is 10.1 Å². The summed E-state index contributed by atoms with van der Waals surface area (Å²) in [6.07, 6.45) is 3.62. The molecule has 1 saturated carbocycles. The van der Waals surface area contributed by atoms with E-state index in [1.165, 1.54) is 24.8 Å². The molecule has 0 radical (unpaired) electrons. The largest absolute Gasteiger partial charge is 0.443 e. The van der Waals surface area contributed by atoms with Crippen LogP contribution >= 0.6 is 0 Å². The summed E-state index contributed by atoms with van der Waals surface area (Å²) in [6, 6.07) is 10.3. The number of nitrogens with zero attached hydrogens (tertiary/aromatic N) is 1. The minimum absolute atomic E-state index is 0.0373. The van der Waals surface area contributed by atoms with Gasteiger partial charge in [-0.15, -0.1) is 0 Å². The number of hydrogen-bond acceptors (Lipinski definition) is 3. The summed E-state index contributed by atoms with van der Waals surface area (Å²) in [4.78, 5) is 14.6. The van der Waals surface area contributed by atoms with Crippen molar-refractivity contribution in [3.05, 3.63) is 35.9 Å². The Kier molecular flexibility index (Phi) is 3.37. The van der Waals surface area contributed by atoms with Crippen molar-refractivity contribution in [2.24, 2.45) is 11.8 Å². The lowest BCUT2D eigenvalue weighted by Gasteiger charge is -2.52. The van der Waals surface area contributed by atoms with E-state index in [1.54, 1.807) is 0 Å². The average molecular weight is 300 g/mol. The molecule has 4 nitrogen and oxygen atoms in total. The summed E-state index contributed by atoms with van der Waals surface area (Å²) in [6.45, 7) is 4.65. The molecule has 1 aromatic rings. The number of amides is 1. The lowest BCUT2D eigenvalue weighted by Crippen LogP contribution is -2.68. The molecule has 1 aliphatic carbocycles. The molecule has 1 N–H and O–H groups in total. The van der Waals surface area contributed by atoms with Crippen molar-refractivity contribution in [3.8, 4) is 0 Å². The van der Waals surface area contributed by atoms with E-state index in [-0.39, 0.29) is 17.7 Å². The highest BCUT2D eigenvalue weighted by Crippen LogP contribution is 2.49. The quantitative estimate of drug-likeness (QED) is 0.933. The van der Waals surface area contributed by atoms with Gasteiger partial charge in [0.05, 0.1) is 5.54 Å². The molecule has 3 atom stereocenters. The summed E-state index contributed by atoms with van der Waals surface area (Å²) in [5.41, 5.74) is 1.03. The number of carbonyl (C=O) groups is 1. The zero-order valence-electron chi connectivity index (χ0n) is 13.1. The van der Waals surface area contributed by atoms with Crippen molar-refractivity contribution >= 4 is 6.09 Å². The molecule has 2 heterocycles. The molecule has 1 amide bonds. The Hall–Kier alpha value is -1.55. The Balaban J connectivity index is 1.69. The van der Waals surface area contributed by atoms with Crippen LogP contribution in [-0.2, 0) is 11.3 Å². The second kappa shape index (κ2) is 5.27. The highest BCUT2D eigenvalue weighted by atomic mass is 16.6. The molecule has 0 bridgehead atoms. The summed E-state index contributed by atoms with van der Waals surface area (Å²) < 4.78 is 5.87. The maximum absolute atomic E-state index is 12.6. The second-order valence-electron chi connectivity index (χ2n) is 7.10. The molecule has 4 heteroatoms. The molecule has 2 saturated heterocycles. The fourth-order valence-electron chi connectivity index (χ4n) is 4.49. The van der Waals surface area contributed by atoms with Crippen molar-refractivity contribution in [1.82, 2.24) is 10.2 Å². The summed E-state index contributed by atoms with van der Waals surface area (Å²) in [5, 5.41) is 3.56. The maximum Gasteiger partial charge on any atom is 0.411 e. The molecule has 4 rings (SSSR count). The maximum atomic E-state index is 12.6. The molecule has 0 aromatic heterocycles. The first-order valence-electron chi connectivity index (χ1n) is 8.45. The number of nitrogens with one attached hydrogen (secondary N) is 1. The summed E-state index contributed by atoms with van der Waals surface area (Å²) >= 11 is 0. The summed E-state index contributed by atoms with van der Waals surface area (Å²) in [7, 11) is 0. The van der Waals surface area contributed by atoms with E-state index < -0.39 is 0 Å². The third kappa shape index (κ3) is 1.97. The minimum atomic E-state index is -0.150. The smallest absolute Gasteiger partial charge is 0.411 e. The van der Waals surface area contributed by atoms with Crippen LogP contribution in [0.4, 0.5) is 4.79 Å². The number of fused-ring (bicyclic) bond motifs is 1. The van der Waals surface area contributed by atoms with Crippen LogP contribution in [-0.4, -0.2) is 35.7 Å². The standard InChI is InChI=1S/C18H24N2O2/c1-13-10-19-12-18(15-8-5-9-15)16(13)22-17(21)20(18)11-14-6-3-2-4-7-14/h2-4,6-7,13,15-16,19H,5,8-12H2,1H3/t13-,16-,18+/m1/s1. The second-order valence-corrected chi connectivity index (χ2v) is 7.10. The van der Waals surface area contributed by atoms with E-state index in [0.29, 0.717) is 18.4 Å². The van der Waals surface area contributed by atoms with Crippen LogP contribution < -0.4 is 5.32 Å². The Morgan fingerprint density at radius 3 is 2.77 bits per heavy atom. The first-order valence-corrected chi connectivity index (χ1v) is 8.45. The number of ether oxygens (including phenoxy) is 1. The van der Waals surface area contributed by atoms with Gasteiger partial charge in [-0.05, 0) is 24.3 Å². The van der Waals surface area contributed by atoms with Gasteiger partial charge in [-0.25, -0.2) is 4.79 Å². The van der Waals surface area contributed by atoms with Crippen LogP contribution in [0.15, 0.2) is 30.3 Å². The SMILES string of the molecule is C[C@@H]1CNC[C@]2(C3CCC3)[C@@H]1OC(=O)N2Cc1ccccc1. The first kappa shape index (κ1) is 14.1. The number of piperidine rings is 1. The average Bonchev–Trinajstić information content (AvgIpc) is 2.74. The van der Waals surface area contributed by atoms with Gasteiger partial charge >= 0.3 is 6.09 Å². The van der Waals surface area contributed by atoms with Gasteiger partial charge in [0, 0.05) is 25.6 Å². The third-order valence-corrected chi connectivity index (χ3v) is 5.83. The Labute approximate surface area is 131 Å². The zero-order chi connectivity index (χ0) is 15.2. The predicted octanol–water partition coefficient (Wildman–Crippen LogP) is 2.79. The van der Waals surface area contributed by atoms with Crippen molar-refractivity contribution in [2.45, 2.75) is 44.4 Å². The Morgan fingerprint density at radius 2 is 2.09 bits per heavy atom. The van der Waals surface area contributed by atoms with Gasteiger partial charge in [-0.1, -0.05) is 43.7 Å². The molecular formula is C18H24N2O2. The normalized spacial score (nSPS) is 35.0. The lowest BCUT2D eigenvalue weighted by molar-refractivity contribution is -0.0386. The topological polar surface area (TPSA) is 41.6 Å². The van der Waals surface area contributed by atoms with Gasteiger partial charge in [0.2, 0.25) is 0 Å². The van der Waals surface area contributed by atoms with Crippen LogP contribution in [0, 0.1) is 11.8 Å². The van der Waals surface area contributed by atoms with Crippen LogP contribution in [0.3, 0.4) is 0 Å². The van der Waals surface area contributed by atoms with Crippen LogP contribution in [0.1, 0.15) is 31.7 Å².